The van der Waals surface area contributed by atoms with Crippen LogP contribution < -0.4 is 14.8 Å². The van der Waals surface area contributed by atoms with Crippen LogP contribution in [-0.2, 0) is 5.54 Å². The summed E-state index contributed by atoms with van der Waals surface area (Å²) in [5, 5.41) is 16.7. The average Bonchev–Trinajstić information content (AvgIpc) is 3.30. The molecule has 1 aliphatic rings. The molecule has 1 aromatic heterocycles. The van der Waals surface area contributed by atoms with Crippen LogP contribution in [0.25, 0.3) is 5.69 Å². The van der Waals surface area contributed by atoms with Crippen molar-refractivity contribution in [2.24, 2.45) is 0 Å². The summed E-state index contributed by atoms with van der Waals surface area (Å²) >= 11 is 0. The molecule has 0 spiro atoms. The van der Waals surface area contributed by atoms with Crippen LogP contribution >= 0.6 is 0 Å². The maximum atomic E-state index is 5.49. The first kappa shape index (κ1) is 21.2. The molecule has 0 radical (unpaired) electrons. The molecular formula is C24H31N5O2. The van der Waals surface area contributed by atoms with Crippen LogP contribution in [0.15, 0.2) is 42.5 Å². The van der Waals surface area contributed by atoms with Gasteiger partial charge in [-0.05, 0) is 59.0 Å². The molecule has 1 N–H and O–H groups in total. The third kappa shape index (κ3) is 4.22. The zero-order chi connectivity index (χ0) is 21.8. The fourth-order valence-electron chi connectivity index (χ4n) is 4.40. The Morgan fingerprint density at radius 2 is 1.65 bits per heavy atom. The molecule has 4 rings (SSSR count). The SMILES string of the molecule is COc1ccc(-n2nnnc2C2(Nc3ccc(C(C)C)cc3)CCCCC2)cc1OC. The van der Waals surface area contributed by atoms with Crippen molar-refractivity contribution in [3.05, 3.63) is 53.9 Å². The summed E-state index contributed by atoms with van der Waals surface area (Å²) in [6, 6.07) is 14.5. The van der Waals surface area contributed by atoms with Crippen molar-refractivity contribution in [2.45, 2.75) is 57.4 Å². The van der Waals surface area contributed by atoms with Gasteiger partial charge in [0.05, 0.1) is 25.4 Å². The quantitative estimate of drug-likeness (QED) is 0.574. The number of benzene rings is 2. The van der Waals surface area contributed by atoms with Crippen LogP contribution in [0.1, 0.15) is 63.3 Å². The third-order valence-electron chi connectivity index (χ3n) is 6.18. The average molecular weight is 422 g/mol. The lowest BCUT2D eigenvalue weighted by molar-refractivity contribution is 0.309. The molecule has 7 nitrogen and oxygen atoms in total. The predicted molar refractivity (Wildman–Crippen MR) is 121 cm³/mol. The van der Waals surface area contributed by atoms with E-state index in [4.69, 9.17) is 9.47 Å². The number of aromatic nitrogens is 4. The van der Waals surface area contributed by atoms with Crippen molar-refractivity contribution in [3.8, 4) is 17.2 Å². The number of hydrogen-bond donors (Lipinski definition) is 1. The number of anilines is 1. The monoisotopic (exact) mass is 421 g/mol. The van der Waals surface area contributed by atoms with Crippen molar-refractivity contribution in [3.63, 3.8) is 0 Å². The van der Waals surface area contributed by atoms with Gasteiger partial charge < -0.3 is 14.8 Å². The van der Waals surface area contributed by atoms with Gasteiger partial charge in [0.15, 0.2) is 17.3 Å². The summed E-state index contributed by atoms with van der Waals surface area (Å²) in [4.78, 5) is 0. The molecule has 0 bridgehead atoms. The Hall–Kier alpha value is -3.09. The molecule has 164 valence electrons. The van der Waals surface area contributed by atoms with Crippen LogP contribution in [0.3, 0.4) is 0 Å². The normalized spacial score (nSPS) is 15.6. The molecule has 0 amide bonds. The minimum atomic E-state index is -0.325. The van der Waals surface area contributed by atoms with Gasteiger partial charge >= 0.3 is 0 Å². The second kappa shape index (κ2) is 8.96. The number of nitrogens with one attached hydrogen (secondary N) is 1. The molecule has 0 saturated heterocycles. The Morgan fingerprint density at radius 1 is 0.935 bits per heavy atom. The molecule has 0 aliphatic heterocycles. The summed E-state index contributed by atoms with van der Waals surface area (Å²) in [5.41, 5.74) is 2.94. The number of tetrazole rings is 1. The smallest absolute Gasteiger partial charge is 0.181 e. The van der Waals surface area contributed by atoms with Crippen molar-refractivity contribution < 1.29 is 9.47 Å². The van der Waals surface area contributed by atoms with Crippen LogP contribution in [0.5, 0.6) is 11.5 Å². The van der Waals surface area contributed by atoms with E-state index in [0.717, 1.165) is 42.9 Å². The van der Waals surface area contributed by atoms with Gasteiger partial charge in [0.2, 0.25) is 0 Å². The fraction of sp³-hybridized carbons (Fsp3) is 0.458. The van der Waals surface area contributed by atoms with E-state index in [9.17, 15) is 0 Å². The van der Waals surface area contributed by atoms with Gasteiger partial charge in [0.25, 0.3) is 0 Å². The zero-order valence-electron chi connectivity index (χ0n) is 18.8. The van der Waals surface area contributed by atoms with E-state index >= 15 is 0 Å². The molecule has 1 saturated carbocycles. The number of nitrogens with zero attached hydrogens (tertiary/aromatic N) is 4. The van der Waals surface area contributed by atoms with Crippen molar-refractivity contribution >= 4 is 5.69 Å². The van der Waals surface area contributed by atoms with E-state index in [1.807, 2.05) is 22.9 Å². The summed E-state index contributed by atoms with van der Waals surface area (Å²) in [5.74, 6) is 2.66. The summed E-state index contributed by atoms with van der Waals surface area (Å²) in [7, 11) is 3.26. The second-order valence-electron chi connectivity index (χ2n) is 8.50. The van der Waals surface area contributed by atoms with Gasteiger partial charge in [-0.2, -0.15) is 4.68 Å². The van der Waals surface area contributed by atoms with Gasteiger partial charge in [0, 0.05) is 11.8 Å². The lowest BCUT2D eigenvalue weighted by atomic mass is 9.80. The molecule has 1 heterocycles. The number of methoxy groups -OCH3 is 2. The molecular weight excluding hydrogens is 390 g/mol. The molecule has 2 aromatic carbocycles. The maximum absolute atomic E-state index is 5.49. The van der Waals surface area contributed by atoms with Crippen LogP contribution in [0, 0.1) is 0 Å². The Labute approximate surface area is 183 Å². The minimum Gasteiger partial charge on any atom is -0.493 e. The second-order valence-corrected chi connectivity index (χ2v) is 8.50. The van der Waals surface area contributed by atoms with Crippen LogP contribution in [-0.4, -0.2) is 34.4 Å². The Balaban J connectivity index is 1.72. The first-order valence-electron chi connectivity index (χ1n) is 11.0. The maximum Gasteiger partial charge on any atom is 0.181 e. The predicted octanol–water partition coefficient (Wildman–Crippen LogP) is 5.07. The number of hydrogen-bond acceptors (Lipinski definition) is 6. The van der Waals surface area contributed by atoms with E-state index in [-0.39, 0.29) is 5.54 Å². The fourth-order valence-corrected chi connectivity index (χ4v) is 4.40. The van der Waals surface area contributed by atoms with Gasteiger partial charge in [-0.1, -0.05) is 45.2 Å². The molecule has 0 unspecified atom stereocenters. The van der Waals surface area contributed by atoms with Crippen LogP contribution in [0.2, 0.25) is 0 Å². The van der Waals surface area contributed by atoms with E-state index in [1.54, 1.807) is 14.2 Å². The van der Waals surface area contributed by atoms with Gasteiger partial charge in [-0.15, -0.1) is 5.10 Å². The topological polar surface area (TPSA) is 74.1 Å². The van der Waals surface area contributed by atoms with Gasteiger partial charge in [0.1, 0.15) is 0 Å². The first-order chi connectivity index (χ1) is 15.1. The summed E-state index contributed by atoms with van der Waals surface area (Å²) in [6.45, 7) is 4.42. The molecule has 1 fully saturated rings. The highest BCUT2D eigenvalue weighted by molar-refractivity contribution is 5.51. The standard InChI is InChI=1S/C24H31N5O2/c1-17(2)18-8-10-19(11-9-18)25-24(14-6-5-7-15-24)23-26-27-28-29(23)20-12-13-21(30-3)22(16-20)31-4/h8-13,16-17,25H,5-7,14-15H2,1-4H3. The Kier molecular flexibility index (Phi) is 6.11. The number of rotatable bonds is 7. The van der Waals surface area contributed by atoms with Gasteiger partial charge in [-0.25, -0.2) is 0 Å². The summed E-state index contributed by atoms with van der Waals surface area (Å²) in [6.07, 6.45) is 5.46. The highest BCUT2D eigenvalue weighted by Gasteiger charge is 2.39. The van der Waals surface area contributed by atoms with Crippen molar-refractivity contribution in [1.82, 2.24) is 20.2 Å². The molecule has 31 heavy (non-hydrogen) atoms. The van der Waals surface area contributed by atoms with Gasteiger partial charge in [-0.3, -0.25) is 0 Å². The summed E-state index contributed by atoms with van der Waals surface area (Å²) < 4.78 is 12.7. The molecule has 7 heteroatoms. The van der Waals surface area contributed by atoms with Crippen molar-refractivity contribution in [2.75, 3.05) is 19.5 Å². The Morgan fingerprint density at radius 3 is 2.29 bits per heavy atom. The van der Waals surface area contributed by atoms with E-state index in [0.29, 0.717) is 17.4 Å². The Bertz CT molecular complexity index is 1010. The van der Waals surface area contributed by atoms with E-state index in [1.165, 1.54) is 12.0 Å². The highest BCUT2D eigenvalue weighted by atomic mass is 16.5. The third-order valence-corrected chi connectivity index (χ3v) is 6.18. The minimum absolute atomic E-state index is 0.325. The van der Waals surface area contributed by atoms with Crippen molar-refractivity contribution in [1.29, 1.82) is 0 Å². The molecule has 0 atom stereocenters. The highest BCUT2D eigenvalue weighted by Crippen LogP contribution is 2.40. The lowest BCUT2D eigenvalue weighted by Gasteiger charge is -2.37. The van der Waals surface area contributed by atoms with E-state index < -0.39 is 0 Å². The molecule has 1 aliphatic carbocycles. The first-order valence-corrected chi connectivity index (χ1v) is 11.0. The number of ether oxygens (including phenoxy) is 2. The largest absolute Gasteiger partial charge is 0.493 e. The molecule has 3 aromatic rings. The van der Waals surface area contributed by atoms with E-state index in [2.05, 4.69) is 59.0 Å². The van der Waals surface area contributed by atoms with Crippen LogP contribution in [0.4, 0.5) is 5.69 Å². The lowest BCUT2D eigenvalue weighted by Crippen LogP contribution is -2.40. The zero-order valence-corrected chi connectivity index (χ0v) is 18.8.